The highest BCUT2D eigenvalue weighted by Crippen LogP contribution is 2.22. The number of nitrogens with zero attached hydrogens (tertiary/aromatic N) is 2. The maximum absolute atomic E-state index is 12.6. The van der Waals surface area contributed by atoms with Crippen molar-refractivity contribution in [3.63, 3.8) is 0 Å². The van der Waals surface area contributed by atoms with E-state index in [1.54, 1.807) is 0 Å². The zero-order valence-electron chi connectivity index (χ0n) is 16.1. The molecule has 148 valence electrons. The third-order valence-corrected chi connectivity index (χ3v) is 5.50. The number of hydrogen-bond acceptors (Lipinski definition) is 5. The molecule has 0 aromatic heterocycles. The molecule has 0 aliphatic carbocycles. The minimum atomic E-state index is -0.109. The van der Waals surface area contributed by atoms with Crippen molar-refractivity contribution in [1.29, 1.82) is 0 Å². The number of amides is 1. The molecule has 2 aromatic rings. The van der Waals surface area contributed by atoms with Crippen LogP contribution in [0.3, 0.4) is 0 Å². The molecule has 28 heavy (non-hydrogen) atoms. The summed E-state index contributed by atoms with van der Waals surface area (Å²) in [4.78, 5) is 16.9. The van der Waals surface area contributed by atoms with Gasteiger partial charge in [0, 0.05) is 44.5 Å². The van der Waals surface area contributed by atoms with E-state index in [9.17, 15) is 4.79 Å². The van der Waals surface area contributed by atoms with Gasteiger partial charge in [-0.1, -0.05) is 30.3 Å². The molecule has 3 N–H and O–H groups in total. The van der Waals surface area contributed by atoms with Gasteiger partial charge in [0.15, 0.2) is 0 Å². The SMILES string of the molecule is N[C@H]1CN[C@H](C(=O)N2CCN(c3ccc(OCc4ccccc4)cc3)CC2)C1. The van der Waals surface area contributed by atoms with Crippen molar-refractivity contribution in [2.75, 3.05) is 37.6 Å². The number of anilines is 1. The molecule has 4 rings (SSSR count). The molecular weight excluding hydrogens is 352 g/mol. The van der Waals surface area contributed by atoms with E-state index in [0.29, 0.717) is 6.61 Å². The summed E-state index contributed by atoms with van der Waals surface area (Å²) < 4.78 is 5.86. The quantitative estimate of drug-likeness (QED) is 0.825. The van der Waals surface area contributed by atoms with Gasteiger partial charge in [-0.25, -0.2) is 0 Å². The van der Waals surface area contributed by atoms with Crippen LogP contribution in [0.1, 0.15) is 12.0 Å². The number of hydrogen-bond donors (Lipinski definition) is 2. The van der Waals surface area contributed by atoms with Crippen molar-refractivity contribution in [1.82, 2.24) is 10.2 Å². The van der Waals surface area contributed by atoms with Crippen LogP contribution < -0.4 is 20.7 Å². The predicted octanol–water partition coefficient (Wildman–Crippen LogP) is 1.60. The monoisotopic (exact) mass is 380 g/mol. The van der Waals surface area contributed by atoms with Crippen LogP contribution in [0.2, 0.25) is 0 Å². The Labute approximate surface area is 166 Å². The van der Waals surface area contributed by atoms with E-state index in [2.05, 4.69) is 34.5 Å². The number of benzene rings is 2. The topological polar surface area (TPSA) is 70.8 Å². The first-order valence-electron chi connectivity index (χ1n) is 9.98. The zero-order valence-corrected chi connectivity index (χ0v) is 16.1. The highest BCUT2D eigenvalue weighted by molar-refractivity contribution is 5.82. The lowest BCUT2D eigenvalue weighted by molar-refractivity contribution is -0.133. The average Bonchev–Trinajstić information content (AvgIpc) is 3.19. The molecule has 0 unspecified atom stereocenters. The number of piperazine rings is 1. The van der Waals surface area contributed by atoms with Gasteiger partial charge in [-0.3, -0.25) is 4.79 Å². The Kier molecular flexibility index (Phi) is 5.78. The third-order valence-electron chi connectivity index (χ3n) is 5.50. The molecule has 0 saturated carbocycles. The van der Waals surface area contributed by atoms with Crippen molar-refractivity contribution < 1.29 is 9.53 Å². The second kappa shape index (κ2) is 8.63. The number of carbonyl (C=O) groups is 1. The highest BCUT2D eigenvalue weighted by atomic mass is 16.5. The van der Waals surface area contributed by atoms with Crippen molar-refractivity contribution in [3.8, 4) is 5.75 Å². The summed E-state index contributed by atoms with van der Waals surface area (Å²) in [5.74, 6) is 1.06. The fraction of sp³-hybridized carbons (Fsp3) is 0.409. The molecule has 6 heteroatoms. The fourth-order valence-electron chi connectivity index (χ4n) is 3.85. The minimum absolute atomic E-state index is 0.0952. The van der Waals surface area contributed by atoms with Gasteiger partial charge in [0.25, 0.3) is 0 Å². The first-order chi connectivity index (χ1) is 13.7. The van der Waals surface area contributed by atoms with Gasteiger partial charge in [0.1, 0.15) is 12.4 Å². The molecule has 1 amide bonds. The number of rotatable bonds is 5. The molecule has 0 radical (unpaired) electrons. The Bertz CT molecular complexity index is 773. The van der Waals surface area contributed by atoms with Gasteiger partial charge in [-0.05, 0) is 36.2 Å². The van der Waals surface area contributed by atoms with Gasteiger partial charge >= 0.3 is 0 Å². The largest absolute Gasteiger partial charge is 0.489 e. The molecule has 2 atom stereocenters. The lowest BCUT2D eigenvalue weighted by Crippen LogP contribution is -2.53. The number of nitrogens with one attached hydrogen (secondary N) is 1. The van der Waals surface area contributed by atoms with Crippen LogP contribution in [0, 0.1) is 0 Å². The van der Waals surface area contributed by atoms with Crippen LogP contribution in [0.4, 0.5) is 5.69 Å². The molecule has 2 fully saturated rings. The number of ether oxygens (including phenoxy) is 1. The molecular formula is C22H28N4O2. The summed E-state index contributed by atoms with van der Waals surface area (Å²) in [6.07, 6.45) is 0.740. The number of carbonyl (C=O) groups excluding carboxylic acids is 1. The maximum atomic E-state index is 12.6. The summed E-state index contributed by atoms with van der Waals surface area (Å²) in [7, 11) is 0. The molecule has 6 nitrogen and oxygen atoms in total. The van der Waals surface area contributed by atoms with E-state index in [0.717, 1.165) is 50.5 Å². The third kappa shape index (κ3) is 4.46. The van der Waals surface area contributed by atoms with E-state index in [1.807, 2.05) is 35.2 Å². The van der Waals surface area contributed by atoms with E-state index >= 15 is 0 Å². The Morgan fingerprint density at radius 2 is 1.75 bits per heavy atom. The molecule has 2 aliphatic heterocycles. The highest BCUT2D eigenvalue weighted by Gasteiger charge is 2.32. The van der Waals surface area contributed by atoms with Crippen molar-refractivity contribution in [3.05, 3.63) is 60.2 Å². The first-order valence-corrected chi connectivity index (χ1v) is 9.98. The lowest BCUT2D eigenvalue weighted by atomic mass is 10.1. The van der Waals surface area contributed by atoms with Gasteiger partial charge in [-0.15, -0.1) is 0 Å². The minimum Gasteiger partial charge on any atom is -0.489 e. The second-order valence-corrected chi connectivity index (χ2v) is 7.54. The second-order valence-electron chi connectivity index (χ2n) is 7.54. The molecule has 2 aliphatic rings. The van der Waals surface area contributed by atoms with Crippen LogP contribution in [-0.4, -0.2) is 55.6 Å². The zero-order chi connectivity index (χ0) is 19.3. The van der Waals surface area contributed by atoms with Crippen LogP contribution >= 0.6 is 0 Å². The van der Waals surface area contributed by atoms with E-state index in [4.69, 9.17) is 10.5 Å². The van der Waals surface area contributed by atoms with Gasteiger partial charge in [0.2, 0.25) is 5.91 Å². The first kappa shape index (κ1) is 18.8. The summed E-state index contributed by atoms with van der Waals surface area (Å²) in [5, 5.41) is 3.23. The number of nitrogens with two attached hydrogens (primary N) is 1. The predicted molar refractivity (Wildman–Crippen MR) is 110 cm³/mol. The van der Waals surface area contributed by atoms with Crippen molar-refractivity contribution in [2.45, 2.75) is 25.1 Å². The fourth-order valence-corrected chi connectivity index (χ4v) is 3.85. The van der Waals surface area contributed by atoms with Crippen molar-refractivity contribution >= 4 is 11.6 Å². The Balaban J connectivity index is 1.27. The van der Waals surface area contributed by atoms with Crippen LogP contribution in [0.15, 0.2) is 54.6 Å². The normalized spacial score (nSPS) is 22.3. The summed E-state index contributed by atoms with van der Waals surface area (Å²) in [6.45, 7) is 4.48. The van der Waals surface area contributed by atoms with E-state index < -0.39 is 0 Å². The Morgan fingerprint density at radius 3 is 2.39 bits per heavy atom. The maximum Gasteiger partial charge on any atom is 0.239 e. The van der Waals surface area contributed by atoms with Gasteiger partial charge in [-0.2, -0.15) is 0 Å². The summed E-state index contributed by atoms with van der Waals surface area (Å²) in [5.41, 5.74) is 8.23. The van der Waals surface area contributed by atoms with Gasteiger partial charge in [0.05, 0.1) is 6.04 Å². The Hall–Kier alpha value is -2.57. The van der Waals surface area contributed by atoms with E-state index in [1.165, 1.54) is 5.69 Å². The van der Waals surface area contributed by atoms with Crippen LogP contribution in [0.5, 0.6) is 5.75 Å². The molecule has 0 spiro atoms. The molecule has 2 heterocycles. The molecule has 0 bridgehead atoms. The standard InChI is InChI=1S/C22H28N4O2/c23-18-14-21(24-15-18)22(27)26-12-10-25(11-13-26)19-6-8-20(9-7-19)28-16-17-4-2-1-3-5-17/h1-9,18,21,24H,10-16,23H2/t18-,21+/m1/s1. The lowest BCUT2D eigenvalue weighted by Gasteiger charge is -2.37. The molecule has 2 saturated heterocycles. The molecule has 2 aromatic carbocycles. The summed E-state index contributed by atoms with van der Waals surface area (Å²) in [6, 6.07) is 18.4. The van der Waals surface area contributed by atoms with Crippen molar-refractivity contribution in [2.24, 2.45) is 5.73 Å². The Morgan fingerprint density at radius 1 is 1.04 bits per heavy atom. The summed E-state index contributed by atoms with van der Waals surface area (Å²) >= 11 is 0. The van der Waals surface area contributed by atoms with Gasteiger partial charge < -0.3 is 25.6 Å². The van der Waals surface area contributed by atoms with E-state index in [-0.39, 0.29) is 18.0 Å². The van der Waals surface area contributed by atoms with Crippen LogP contribution in [-0.2, 0) is 11.4 Å². The average molecular weight is 380 g/mol. The van der Waals surface area contributed by atoms with Crippen LogP contribution in [0.25, 0.3) is 0 Å². The smallest absolute Gasteiger partial charge is 0.239 e.